The summed E-state index contributed by atoms with van der Waals surface area (Å²) in [5, 5.41) is 0.622. The molecular formula is C13H14N2O2S. The Kier molecular flexibility index (Phi) is 3.72. The van der Waals surface area contributed by atoms with Gasteiger partial charge in [-0.15, -0.1) is 0 Å². The van der Waals surface area contributed by atoms with Crippen molar-refractivity contribution < 1.29 is 0 Å². The predicted octanol–water partition coefficient (Wildman–Crippen LogP) is 2.09. The van der Waals surface area contributed by atoms with Crippen LogP contribution < -0.4 is 11.2 Å². The first-order valence-electron chi connectivity index (χ1n) is 5.70. The monoisotopic (exact) mass is 262 g/mol. The zero-order valence-electron chi connectivity index (χ0n) is 10.2. The highest BCUT2D eigenvalue weighted by molar-refractivity contribution is 7.99. The maximum Gasteiger partial charge on any atom is 0.326 e. The highest BCUT2D eigenvalue weighted by atomic mass is 32.2. The van der Waals surface area contributed by atoms with E-state index in [0.29, 0.717) is 17.0 Å². The molecule has 0 bridgehead atoms. The molecule has 2 rings (SSSR count). The summed E-state index contributed by atoms with van der Waals surface area (Å²) in [6, 6.07) is 7.93. The quantitative estimate of drug-likeness (QED) is 0.832. The number of hydrogen-bond donors (Lipinski definition) is 2. The number of hydrogen-bond acceptors (Lipinski definition) is 3. The Morgan fingerprint density at radius 2 is 2.00 bits per heavy atom. The maximum atomic E-state index is 11.7. The minimum absolute atomic E-state index is 0.309. The summed E-state index contributed by atoms with van der Waals surface area (Å²) >= 11 is 1.41. The number of aromatic nitrogens is 2. The summed E-state index contributed by atoms with van der Waals surface area (Å²) in [7, 11) is 0. The lowest BCUT2D eigenvalue weighted by Crippen LogP contribution is -2.26. The number of rotatable bonds is 3. The molecule has 0 saturated carbocycles. The molecule has 1 aromatic heterocycles. The van der Waals surface area contributed by atoms with E-state index in [1.54, 1.807) is 0 Å². The van der Waals surface area contributed by atoms with E-state index in [4.69, 9.17) is 0 Å². The molecule has 0 radical (unpaired) electrons. The molecule has 0 amide bonds. The van der Waals surface area contributed by atoms with Gasteiger partial charge in [0.2, 0.25) is 0 Å². The lowest BCUT2D eigenvalue weighted by Gasteiger charge is -2.06. The van der Waals surface area contributed by atoms with Crippen LogP contribution in [-0.4, -0.2) is 9.97 Å². The highest BCUT2D eigenvalue weighted by Gasteiger charge is 2.09. The zero-order chi connectivity index (χ0) is 13.1. The number of aryl methyl sites for hydroxylation is 1. The van der Waals surface area contributed by atoms with Crippen LogP contribution in [0.25, 0.3) is 0 Å². The van der Waals surface area contributed by atoms with Crippen LogP contribution in [0.2, 0.25) is 0 Å². The minimum Gasteiger partial charge on any atom is -0.301 e. The molecule has 0 aliphatic carbocycles. The molecule has 0 saturated heterocycles. The molecule has 2 aromatic rings. The van der Waals surface area contributed by atoms with Gasteiger partial charge in [-0.3, -0.25) is 9.78 Å². The lowest BCUT2D eigenvalue weighted by atomic mass is 10.2. The summed E-state index contributed by atoms with van der Waals surface area (Å²) in [6.07, 6.45) is 0.584. The van der Waals surface area contributed by atoms with Crippen molar-refractivity contribution in [1.82, 2.24) is 9.97 Å². The average molecular weight is 262 g/mol. The van der Waals surface area contributed by atoms with Crippen molar-refractivity contribution in [1.29, 1.82) is 0 Å². The van der Waals surface area contributed by atoms with Gasteiger partial charge in [-0.1, -0.05) is 36.4 Å². The van der Waals surface area contributed by atoms with E-state index in [-0.39, 0.29) is 5.56 Å². The average Bonchev–Trinajstić information content (AvgIpc) is 2.28. The number of nitrogens with one attached hydrogen (secondary N) is 2. The molecule has 2 N–H and O–H groups in total. The molecule has 0 spiro atoms. The Morgan fingerprint density at radius 1 is 1.22 bits per heavy atom. The van der Waals surface area contributed by atoms with Crippen LogP contribution >= 0.6 is 11.8 Å². The Hall–Kier alpha value is -1.75. The van der Waals surface area contributed by atoms with E-state index in [2.05, 4.69) is 9.97 Å². The molecular weight excluding hydrogens is 248 g/mol. The van der Waals surface area contributed by atoms with Gasteiger partial charge in [-0.2, -0.15) is 0 Å². The lowest BCUT2D eigenvalue weighted by molar-refractivity contribution is 0.875. The first kappa shape index (κ1) is 12.7. The SMILES string of the molecule is CCc1c(Sc2cccc(C)c2)[nH]c(=O)[nH]c1=O. The van der Waals surface area contributed by atoms with Crippen LogP contribution in [0.5, 0.6) is 0 Å². The molecule has 5 heteroatoms. The van der Waals surface area contributed by atoms with Crippen molar-refractivity contribution in [2.75, 3.05) is 0 Å². The van der Waals surface area contributed by atoms with Crippen molar-refractivity contribution in [3.05, 3.63) is 56.2 Å². The number of benzene rings is 1. The Morgan fingerprint density at radius 3 is 2.67 bits per heavy atom. The predicted molar refractivity (Wildman–Crippen MR) is 72.4 cm³/mol. The molecule has 18 heavy (non-hydrogen) atoms. The van der Waals surface area contributed by atoms with Crippen molar-refractivity contribution in [2.45, 2.75) is 30.2 Å². The van der Waals surface area contributed by atoms with Crippen molar-refractivity contribution >= 4 is 11.8 Å². The highest BCUT2D eigenvalue weighted by Crippen LogP contribution is 2.27. The molecule has 94 valence electrons. The minimum atomic E-state index is -0.465. The van der Waals surface area contributed by atoms with Gasteiger partial charge in [-0.25, -0.2) is 4.79 Å². The van der Waals surface area contributed by atoms with E-state index in [1.807, 2.05) is 38.1 Å². The standard InChI is InChI=1S/C13H14N2O2S/c1-3-10-11(16)14-13(17)15-12(10)18-9-6-4-5-8(2)7-9/h4-7H,3H2,1-2H3,(H2,14,15,16,17). The third-order valence-electron chi connectivity index (χ3n) is 2.57. The van der Waals surface area contributed by atoms with Crippen LogP contribution in [0.15, 0.2) is 43.8 Å². The van der Waals surface area contributed by atoms with E-state index in [0.717, 1.165) is 10.5 Å². The summed E-state index contributed by atoms with van der Waals surface area (Å²) in [4.78, 5) is 28.9. The summed E-state index contributed by atoms with van der Waals surface area (Å²) in [6.45, 7) is 3.90. The van der Waals surface area contributed by atoms with E-state index in [9.17, 15) is 9.59 Å². The van der Waals surface area contributed by atoms with Gasteiger partial charge in [0.15, 0.2) is 0 Å². The molecule has 0 aliphatic heterocycles. The fourth-order valence-corrected chi connectivity index (χ4v) is 2.83. The third kappa shape index (κ3) is 2.73. The second-order valence-corrected chi connectivity index (χ2v) is 5.07. The second-order valence-electron chi connectivity index (χ2n) is 3.99. The van der Waals surface area contributed by atoms with E-state index in [1.165, 1.54) is 11.8 Å². The molecule has 4 nitrogen and oxygen atoms in total. The Balaban J connectivity index is 2.46. The van der Waals surface area contributed by atoms with Gasteiger partial charge < -0.3 is 4.98 Å². The van der Waals surface area contributed by atoms with Gasteiger partial charge >= 0.3 is 5.69 Å². The smallest absolute Gasteiger partial charge is 0.301 e. The van der Waals surface area contributed by atoms with Gasteiger partial charge in [-0.05, 0) is 25.5 Å². The summed E-state index contributed by atoms with van der Waals surface area (Å²) in [5.41, 5.74) is 0.982. The van der Waals surface area contributed by atoms with Gasteiger partial charge in [0.1, 0.15) is 0 Å². The summed E-state index contributed by atoms with van der Waals surface area (Å²) in [5.74, 6) is 0. The largest absolute Gasteiger partial charge is 0.326 e. The van der Waals surface area contributed by atoms with Crippen molar-refractivity contribution in [3.8, 4) is 0 Å². The van der Waals surface area contributed by atoms with Crippen LogP contribution in [0.1, 0.15) is 18.1 Å². The topological polar surface area (TPSA) is 65.7 Å². The Bertz CT molecular complexity index is 673. The second kappa shape index (κ2) is 5.27. The molecule has 0 atom stereocenters. The van der Waals surface area contributed by atoms with E-state index < -0.39 is 5.69 Å². The van der Waals surface area contributed by atoms with Crippen LogP contribution in [0.3, 0.4) is 0 Å². The maximum absolute atomic E-state index is 11.7. The number of H-pyrrole nitrogens is 2. The Labute approximate surface area is 108 Å². The third-order valence-corrected chi connectivity index (χ3v) is 3.61. The molecule has 0 aliphatic rings. The van der Waals surface area contributed by atoms with Crippen molar-refractivity contribution in [3.63, 3.8) is 0 Å². The normalized spacial score (nSPS) is 10.6. The van der Waals surface area contributed by atoms with Crippen LogP contribution in [0.4, 0.5) is 0 Å². The first-order valence-corrected chi connectivity index (χ1v) is 6.52. The molecule has 1 heterocycles. The van der Waals surface area contributed by atoms with Crippen LogP contribution in [-0.2, 0) is 6.42 Å². The molecule has 1 aromatic carbocycles. The fraction of sp³-hybridized carbons (Fsp3) is 0.231. The molecule has 0 fully saturated rings. The van der Waals surface area contributed by atoms with Gasteiger partial charge in [0.05, 0.1) is 5.03 Å². The fourth-order valence-electron chi connectivity index (χ4n) is 1.70. The summed E-state index contributed by atoms with van der Waals surface area (Å²) < 4.78 is 0. The zero-order valence-corrected chi connectivity index (χ0v) is 11.1. The van der Waals surface area contributed by atoms with Gasteiger partial charge in [0, 0.05) is 10.5 Å². The number of aromatic amines is 2. The molecule has 0 unspecified atom stereocenters. The van der Waals surface area contributed by atoms with Crippen molar-refractivity contribution in [2.24, 2.45) is 0 Å². The van der Waals surface area contributed by atoms with Gasteiger partial charge in [0.25, 0.3) is 5.56 Å². The first-order chi connectivity index (χ1) is 8.60. The van der Waals surface area contributed by atoms with E-state index >= 15 is 0 Å². The van der Waals surface area contributed by atoms with Crippen LogP contribution in [0, 0.1) is 6.92 Å².